The minimum absolute atomic E-state index is 0.266. The molecule has 1 nitrogen and oxygen atoms in total. The van der Waals surface area contributed by atoms with Crippen LogP contribution in [0.4, 0.5) is 4.39 Å². The Morgan fingerprint density at radius 3 is 2.52 bits per heavy atom. The summed E-state index contributed by atoms with van der Waals surface area (Å²) in [6, 6.07) is 13.0. The molecule has 3 rings (SSSR count). The maximum absolute atomic E-state index is 13.3. The van der Waals surface area contributed by atoms with Crippen LogP contribution in [0.25, 0.3) is 21.8 Å². The molecule has 0 radical (unpaired) electrons. The molecule has 0 unspecified atom stereocenters. The molecule has 0 N–H and O–H groups in total. The zero-order valence-corrected chi connectivity index (χ0v) is 15.0. The largest absolute Gasteiger partial charge is 0.236 e. The maximum Gasteiger partial charge on any atom is 0.137 e. The fourth-order valence-electron chi connectivity index (χ4n) is 2.05. The third-order valence-corrected chi connectivity index (χ3v) is 5.41. The van der Waals surface area contributed by atoms with Gasteiger partial charge in [-0.2, -0.15) is 0 Å². The summed E-state index contributed by atoms with van der Waals surface area (Å²) >= 11 is 8.39. The van der Waals surface area contributed by atoms with Crippen LogP contribution in [0.5, 0.6) is 0 Å². The molecule has 0 aliphatic heterocycles. The van der Waals surface area contributed by atoms with E-state index < -0.39 is 0 Å². The fourth-order valence-corrected chi connectivity index (χ4v) is 3.83. The summed E-state index contributed by atoms with van der Waals surface area (Å²) in [4.78, 5) is 5.86. The van der Waals surface area contributed by atoms with Crippen LogP contribution in [0.15, 0.2) is 51.4 Å². The highest BCUT2D eigenvalue weighted by Gasteiger charge is 2.14. The first kappa shape index (κ1) is 14.9. The Morgan fingerprint density at radius 2 is 1.81 bits per heavy atom. The van der Waals surface area contributed by atoms with Gasteiger partial charge in [0.2, 0.25) is 0 Å². The first-order valence-corrected chi connectivity index (χ1v) is 8.64. The average molecular weight is 427 g/mol. The lowest BCUT2D eigenvalue weighted by molar-refractivity contribution is 0.621. The van der Waals surface area contributed by atoms with E-state index in [1.54, 1.807) is 23.5 Å². The number of halogens is 3. The van der Waals surface area contributed by atoms with Gasteiger partial charge in [0.05, 0.1) is 10.2 Å². The molecule has 1 heterocycles. The van der Waals surface area contributed by atoms with Gasteiger partial charge in [-0.3, -0.25) is 0 Å². The van der Waals surface area contributed by atoms with Gasteiger partial charge in [-0.15, -0.1) is 11.3 Å². The summed E-state index contributed by atoms with van der Waals surface area (Å²) < 4.78 is 14.8. The zero-order valence-electron chi connectivity index (χ0n) is 11.0. The van der Waals surface area contributed by atoms with Crippen molar-refractivity contribution in [2.24, 2.45) is 0 Å². The SMILES string of the molecule is Cc1sc(-c2ccc(F)c(Br)c2)nc1-c1ccccc1Br. The van der Waals surface area contributed by atoms with Gasteiger partial charge >= 0.3 is 0 Å². The number of hydrogen-bond donors (Lipinski definition) is 0. The smallest absolute Gasteiger partial charge is 0.137 e. The standard InChI is InChI=1S/C16H10Br2FNS/c1-9-15(11-4-2-3-5-12(11)17)20-16(21-9)10-6-7-14(19)13(18)8-10/h2-8H,1H3. The van der Waals surface area contributed by atoms with Crippen molar-refractivity contribution >= 4 is 43.2 Å². The van der Waals surface area contributed by atoms with Crippen molar-refractivity contribution in [1.29, 1.82) is 0 Å². The fraction of sp³-hybridized carbons (Fsp3) is 0.0625. The highest BCUT2D eigenvalue weighted by Crippen LogP contribution is 2.37. The number of aromatic nitrogens is 1. The predicted molar refractivity (Wildman–Crippen MR) is 93.1 cm³/mol. The number of hydrogen-bond acceptors (Lipinski definition) is 2. The molecule has 106 valence electrons. The Balaban J connectivity index is 2.09. The van der Waals surface area contributed by atoms with Crippen molar-refractivity contribution < 1.29 is 4.39 Å². The molecule has 0 atom stereocenters. The molecule has 1 aromatic heterocycles. The molecule has 0 amide bonds. The predicted octanol–water partition coefficient (Wildman–Crippen LogP) is 6.45. The number of aryl methyl sites for hydroxylation is 1. The number of rotatable bonds is 2. The second-order valence-electron chi connectivity index (χ2n) is 4.53. The summed E-state index contributed by atoms with van der Waals surface area (Å²) in [5, 5.41) is 0.888. The van der Waals surface area contributed by atoms with E-state index in [-0.39, 0.29) is 5.82 Å². The molecular weight excluding hydrogens is 417 g/mol. The van der Waals surface area contributed by atoms with Crippen LogP contribution in [0.2, 0.25) is 0 Å². The summed E-state index contributed by atoms with van der Waals surface area (Å²) in [5.41, 5.74) is 2.94. The first-order valence-electron chi connectivity index (χ1n) is 6.24. The topological polar surface area (TPSA) is 12.9 Å². The number of benzene rings is 2. The van der Waals surface area contributed by atoms with Gasteiger partial charge in [0.25, 0.3) is 0 Å². The molecule has 0 spiro atoms. The normalized spacial score (nSPS) is 10.9. The lowest BCUT2D eigenvalue weighted by atomic mass is 10.1. The number of nitrogens with zero attached hydrogens (tertiary/aromatic N) is 1. The van der Waals surface area contributed by atoms with Gasteiger partial charge in [-0.05, 0) is 47.1 Å². The molecule has 2 aromatic carbocycles. The van der Waals surface area contributed by atoms with Gasteiger partial charge < -0.3 is 0 Å². The second kappa shape index (κ2) is 5.99. The van der Waals surface area contributed by atoms with Crippen LogP contribution < -0.4 is 0 Å². The summed E-state index contributed by atoms with van der Waals surface area (Å²) in [6.07, 6.45) is 0. The van der Waals surface area contributed by atoms with Crippen molar-refractivity contribution in [2.75, 3.05) is 0 Å². The maximum atomic E-state index is 13.3. The van der Waals surface area contributed by atoms with Crippen LogP contribution in [0.3, 0.4) is 0 Å². The monoisotopic (exact) mass is 425 g/mol. The molecule has 0 fully saturated rings. The van der Waals surface area contributed by atoms with Crippen LogP contribution in [0, 0.1) is 12.7 Å². The molecular formula is C16H10Br2FNS. The van der Waals surface area contributed by atoms with Gasteiger partial charge in [0, 0.05) is 20.5 Å². The quantitative estimate of drug-likeness (QED) is 0.458. The first-order chi connectivity index (χ1) is 10.1. The van der Waals surface area contributed by atoms with Crippen LogP contribution >= 0.6 is 43.2 Å². The van der Waals surface area contributed by atoms with Gasteiger partial charge in [-0.25, -0.2) is 9.37 Å². The Labute approximate surface area is 143 Å². The molecule has 5 heteroatoms. The van der Waals surface area contributed by atoms with Crippen molar-refractivity contribution in [2.45, 2.75) is 6.92 Å². The summed E-state index contributed by atoms with van der Waals surface area (Å²) in [7, 11) is 0. The van der Waals surface area contributed by atoms with E-state index >= 15 is 0 Å². The third kappa shape index (κ3) is 2.96. The van der Waals surface area contributed by atoms with Crippen molar-refractivity contribution in [3.8, 4) is 21.8 Å². The van der Waals surface area contributed by atoms with E-state index in [1.165, 1.54) is 6.07 Å². The van der Waals surface area contributed by atoms with E-state index in [0.29, 0.717) is 4.47 Å². The second-order valence-corrected chi connectivity index (χ2v) is 7.44. The Hall–Kier alpha value is -1.04. The van der Waals surface area contributed by atoms with Crippen LogP contribution in [0.1, 0.15) is 4.88 Å². The number of thiazole rings is 1. The third-order valence-electron chi connectivity index (χ3n) is 3.09. The highest BCUT2D eigenvalue weighted by molar-refractivity contribution is 9.10. The zero-order chi connectivity index (χ0) is 15.0. The Bertz CT molecular complexity index is 814. The minimum atomic E-state index is -0.266. The summed E-state index contributed by atoms with van der Waals surface area (Å²) in [5.74, 6) is -0.266. The van der Waals surface area contributed by atoms with Crippen molar-refractivity contribution in [1.82, 2.24) is 4.98 Å². The lowest BCUT2D eigenvalue weighted by Crippen LogP contribution is -1.84. The van der Waals surface area contributed by atoms with E-state index in [1.807, 2.05) is 24.3 Å². The Morgan fingerprint density at radius 1 is 1.05 bits per heavy atom. The van der Waals surface area contributed by atoms with Crippen LogP contribution in [-0.4, -0.2) is 4.98 Å². The van der Waals surface area contributed by atoms with E-state index in [2.05, 4.69) is 38.8 Å². The Kier molecular flexibility index (Phi) is 4.24. The van der Waals surface area contributed by atoms with E-state index in [9.17, 15) is 4.39 Å². The molecule has 21 heavy (non-hydrogen) atoms. The van der Waals surface area contributed by atoms with E-state index in [4.69, 9.17) is 4.98 Å². The average Bonchev–Trinajstić information content (AvgIpc) is 2.84. The molecule has 0 bridgehead atoms. The summed E-state index contributed by atoms with van der Waals surface area (Å²) in [6.45, 7) is 2.05. The van der Waals surface area contributed by atoms with Crippen molar-refractivity contribution in [3.05, 3.63) is 62.1 Å². The molecule has 0 saturated carbocycles. The lowest BCUT2D eigenvalue weighted by Gasteiger charge is -2.01. The van der Waals surface area contributed by atoms with Gasteiger partial charge in [0.15, 0.2) is 0 Å². The van der Waals surface area contributed by atoms with Gasteiger partial charge in [0.1, 0.15) is 10.8 Å². The van der Waals surface area contributed by atoms with Gasteiger partial charge in [-0.1, -0.05) is 34.1 Å². The van der Waals surface area contributed by atoms with E-state index in [0.717, 1.165) is 31.2 Å². The highest BCUT2D eigenvalue weighted by atomic mass is 79.9. The minimum Gasteiger partial charge on any atom is -0.236 e. The molecule has 3 aromatic rings. The molecule has 0 aliphatic carbocycles. The van der Waals surface area contributed by atoms with Crippen molar-refractivity contribution in [3.63, 3.8) is 0 Å². The molecule has 0 saturated heterocycles. The molecule has 0 aliphatic rings. The van der Waals surface area contributed by atoms with Crippen LogP contribution in [-0.2, 0) is 0 Å².